The Bertz CT molecular complexity index is 826. The topological polar surface area (TPSA) is 54.1 Å². The lowest BCUT2D eigenvalue weighted by Crippen LogP contribution is -2.23. The molecule has 0 radical (unpaired) electrons. The molecule has 0 aliphatic heterocycles. The third-order valence-electron chi connectivity index (χ3n) is 3.48. The van der Waals surface area contributed by atoms with Crippen LogP contribution in [0.15, 0.2) is 48.5 Å². The summed E-state index contributed by atoms with van der Waals surface area (Å²) in [5.74, 6) is 0.0493. The van der Waals surface area contributed by atoms with E-state index in [0.29, 0.717) is 28.9 Å². The number of fused-ring (bicyclic) bond motifs is 1. The number of para-hydroxylation sites is 2. The quantitative estimate of drug-likeness (QED) is 0.777. The minimum atomic E-state index is -0.374. The Kier molecular flexibility index (Phi) is 3.78. The molecule has 2 aromatic carbocycles. The predicted octanol–water partition coefficient (Wildman–Crippen LogP) is 3.25. The van der Waals surface area contributed by atoms with Gasteiger partial charge in [-0.25, -0.2) is 4.39 Å². The molecular weight excluding hydrogens is 283 g/mol. The maximum absolute atomic E-state index is 13.6. The highest BCUT2D eigenvalue weighted by atomic mass is 19.1. The lowest BCUT2D eigenvalue weighted by Gasteiger charge is -2.08. The third-order valence-corrected chi connectivity index (χ3v) is 3.48. The van der Waals surface area contributed by atoms with Crippen LogP contribution >= 0.6 is 0 Å². The number of amides is 1. The second kappa shape index (κ2) is 5.89. The number of aromatic nitrogens is 1. The van der Waals surface area contributed by atoms with Crippen LogP contribution in [-0.2, 0) is 6.54 Å². The molecule has 22 heavy (non-hydrogen) atoms. The van der Waals surface area contributed by atoms with Crippen LogP contribution in [0.5, 0.6) is 5.75 Å². The molecule has 0 unspecified atom stereocenters. The Hall–Kier alpha value is -2.82. The van der Waals surface area contributed by atoms with Gasteiger partial charge in [-0.05, 0) is 18.2 Å². The molecule has 3 rings (SSSR count). The summed E-state index contributed by atoms with van der Waals surface area (Å²) in [5, 5.41) is 3.47. The first-order valence-corrected chi connectivity index (χ1v) is 6.86. The lowest BCUT2D eigenvalue weighted by molar-refractivity contribution is 0.0946. The first-order valence-electron chi connectivity index (χ1n) is 6.86. The second-order valence-corrected chi connectivity index (χ2v) is 4.88. The highest BCUT2D eigenvalue weighted by molar-refractivity contribution is 5.98. The zero-order chi connectivity index (χ0) is 15.5. The van der Waals surface area contributed by atoms with Crippen molar-refractivity contribution in [3.63, 3.8) is 0 Å². The van der Waals surface area contributed by atoms with E-state index in [2.05, 4.69) is 10.3 Å². The van der Waals surface area contributed by atoms with E-state index in [1.807, 2.05) is 24.3 Å². The number of benzene rings is 2. The first-order chi connectivity index (χ1) is 10.7. The second-order valence-electron chi connectivity index (χ2n) is 4.88. The summed E-state index contributed by atoms with van der Waals surface area (Å²) in [6.07, 6.45) is 0. The minimum absolute atomic E-state index is 0.290. The van der Waals surface area contributed by atoms with Crippen LogP contribution in [0.4, 0.5) is 4.39 Å². The Balaban J connectivity index is 1.77. The van der Waals surface area contributed by atoms with Crippen molar-refractivity contribution in [2.75, 3.05) is 7.11 Å². The molecular formula is C17H15FN2O2. The molecule has 0 aliphatic carbocycles. The molecule has 1 heterocycles. The van der Waals surface area contributed by atoms with Crippen molar-refractivity contribution < 1.29 is 13.9 Å². The molecule has 1 aromatic heterocycles. The standard InChI is InChI=1S/C17H15FN2O2/c1-22-15-8-3-2-5-12(15)10-19-17(21)14-9-11-6-4-7-13(18)16(11)20-14/h2-9,20H,10H2,1H3,(H,19,21). The van der Waals surface area contributed by atoms with Gasteiger partial charge in [-0.3, -0.25) is 4.79 Å². The van der Waals surface area contributed by atoms with Crippen LogP contribution in [0.1, 0.15) is 16.1 Å². The van der Waals surface area contributed by atoms with E-state index < -0.39 is 0 Å². The number of ether oxygens (including phenoxy) is 1. The number of nitrogens with one attached hydrogen (secondary N) is 2. The number of hydrogen-bond acceptors (Lipinski definition) is 2. The Morgan fingerprint density at radius 1 is 1.23 bits per heavy atom. The molecule has 0 saturated carbocycles. The van der Waals surface area contributed by atoms with Gasteiger partial charge in [0.25, 0.3) is 5.91 Å². The van der Waals surface area contributed by atoms with Crippen molar-refractivity contribution in [2.24, 2.45) is 0 Å². The number of halogens is 1. The van der Waals surface area contributed by atoms with Crippen LogP contribution in [0.25, 0.3) is 10.9 Å². The summed E-state index contributed by atoms with van der Waals surface area (Å²) < 4.78 is 18.9. The fourth-order valence-electron chi connectivity index (χ4n) is 2.36. The molecule has 0 fully saturated rings. The van der Waals surface area contributed by atoms with Gasteiger partial charge < -0.3 is 15.0 Å². The van der Waals surface area contributed by atoms with E-state index >= 15 is 0 Å². The van der Waals surface area contributed by atoms with Crippen LogP contribution in [-0.4, -0.2) is 18.0 Å². The predicted molar refractivity (Wildman–Crippen MR) is 82.4 cm³/mol. The number of rotatable bonds is 4. The number of H-pyrrole nitrogens is 1. The number of carbonyl (C=O) groups excluding carboxylic acids is 1. The highest BCUT2D eigenvalue weighted by Gasteiger charge is 2.12. The zero-order valence-corrected chi connectivity index (χ0v) is 12.0. The van der Waals surface area contributed by atoms with Gasteiger partial charge in [0.05, 0.1) is 12.6 Å². The summed E-state index contributed by atoms with van der Waals surface area (Å²) in [6, 6.07) is 13.8. The molecule has 0 aliphatic rings. The van der Waals surface area contributed by atoms with Gasteiger partial charge in [0.15, 0.2) is 0 Å². The molecule has 0 bridgehead atoms. The highest BCUT2D eigenvalue weighted by Crippen LogP contribution is 2.19. The summed E-state index contributed by atoms with van der Waals surface area (Å²) in [5.41, 5.74) is 1.54. The molecule has 1 amide bonds. The molecule has 3 aromatic rings. The largest absolute Gasteiger partial charge is 0.496 e. The van der Waals surface area contributed by atoms with E-state index in [9.17, 15) is 9.18 Å². The number of methoxy groups -OCH3 is 1. The summed E-state index contributed by atoms with van der Waals surface area (Å²) in [6.45, 7) is 0.334. The average molecular weight is 298 g/mol. The first kappa shape index (κ1) is 14.1. The third kappa shape index (κ3) is 2.65. The van der Waals surface area contributed by atoms with Crippen molar-refractivity contribution in [3.05, 3.63) is 65.6 Å². The van der Waals surface area contributed by atoms with Crippen LogP contribution in [0.3, 0.4) is 0 Å². The fourth-order valence-corrected chi connectivity index (χ4v) is 2.36. The minimum Gasteiger partial charge on any atom is -0.496 e. The fraction of sp³-hybridized carbons (Fsp3) is 0.118. The Labute approximate surface area is 126 Å². The van der Waals surface area contributed by atoms with Crippen LogP contribution in [0, 0.1) is 5.82 Å². The van der Waals surface area contributed by atoms with Crippen molar-refractivity contribution in [3.8, 4) is 5.75 Å². The van der Waals surface area contributed by atoms with Crippen molar-refractivity contribution in [2.45, 2.75) is 6.54 Å². The maximum Gasteiger partial charge on any atom is 0.268 e. The molecule has 5 heteroatoms. The van der Waals surface area contributed by atoms with E-state index in [-0.39, 0.29) is 11.7 Å². The number of carbonyl (C=O) groups is 1. The Morgan fingerprint density at radius 3 is 2.82 bits per heavy atom. The van der Waals surface area contributed by atoms with E-state index in [4.69, 9.17) is 4.74 Å². The molecule has 2 N–H and O–H groups in total. The lowest BCUT2D eigenvalue weighted by atomic mass is 10.2. The van der Waals surface area contributed by atoms with Crippen molar-refractivity contribution >= 4 is 16.8 Å². The smallest absolute Gasteiger partial charge is 0.268 e. The molecule has 0 saturated heterocycles. The van der Waals surface area contributed by atoms with E-state index in [1.54, 1.807) is 25.3 Å². The van der Waals surface area contributed by atoms with Crippen LogP contribution < -0.4 is 10.1 Å². The Morgan fingerprint density at radius 2 is 2.05 bits per heavy atom. The van der Waals surface area contributed by atoms with Crippen molar-refractivity contribution in [1.82, 2.24) is 10.3 Å². The van der Waals surface area contributed by atoms with Gasteiger partial charge in [0, 0.05) is 17.5 Å². The summed E-state index contributed by atoms with van der Waals surface area (Å²) in [7, 11) is 1.58. The zero-order valence-electron chi connectivity index (χ0n) is 12.0. The van der Waals surface area contributed by atoms with E-state index in [0.717, 1.165) is 5.56 Å². The normalized spacial score (nSPS) is 10.6. The van der Waals surface area contributed by atoms with Gasteiger partial charge >= 0.3 is 0 Å². The number of hydrogen-bond donors (Lipinski definition) is 2. The van der Waals surface area contributed by atoms with Gasteiger partial charge in [-0.2, -0.15) is 0 Å². The van der Waals surface area contributed by atoms with Gasteiger partial charge in [-0.15, -0.1) is 0 Å². The van der Waals surface area contributed by atoms with Crippen LogP contribution in [0.2, 0.25) is 0 Å². The van der Waals surface area contributed by atoms with Gasteiger partial charge in [0.1, 0.15) is 17.3 Å². The van der Waals surface area contributed by atoms with E-state index in [1.165, 1.54) is 6.07 Å². The summed E-state index contributed by atoms with van der Waals surface area (Å²) >= 11 is 0. The molecule has 0 spiro atoms. The molecule has 112 valence electrons. The molecule has 0 atom stereocenters. The SMILES string of the molecule is COc1ccccc1CNC(=O)c1cc2cccc(F)c2[nH]1. The monoisotopic (exact) mass is 298 g/mol. The average Bonchev–Trinajstić information content (AvgIpc) is 2.98. The number of aromatic amines is 1. The maximum atomic E-state index is 13.6. The van der Waals surface area contributed by atoms with Gasteiger partial charge in [0.2, 0.25) is 0 Å². The summed E-state index contributed by atoms with van der Waals surface area (Å²) in [4.78, 5) is 15.0. The van der Waals surface area contributed by atoms with Crippen molar-refractivity contribution in [1.29, 1.82) is 0 Å². The molecule has 4 nitrogen and oxygen atoms in total. The van der Waals surface area contributed by atoms with Gasteiger partial charge in [-0.1, -0.05) is 30.3 Å².